The van der Waals surface area contributed by atoms with Gasteiger partial charge < -0.3 is 20.5 Å². The van der Waals surface area contributed by atoms with E-state index in [0.717, 1.165) is 29.7 Å². The maximum atomic E-state index is 12.9. The molecule has 0 bridgehead atoms. The molecule has 152 valence electrons. The molecule has 8 heteroatoms. The third kappa shape index (κ3) is 3.96. The van der Waals surface area contributed by atoms with E-state index in [9.17, 15) is 14.4 Å². The average molecular weight is 389 g/mol. The fraction of sp³-hybridized carbons (Fsp3) is 0.550. The van der Waals surface area contributed by atoms with E-state index in [0.29, 0.717) is 12.2 Å². The van der Waals surface area contributed by atoms with Crippen molar-refractivity contribution in [3.8, 4) is 5.75 Å². The highest BCUT2D eigenvalue weighted by atomic mass is 16.5. The highest BCUT2D eigenvalue weighted by Crippen LogP contribution is 2.38. The lowest BCUT2D eigenvalue weighted by Crippen LogP contribution is -2.54. The number of aliphatic hydroxyl groups excluding tert-OH is 1. The number of para-hydroxylation sites is 1. The van der Waals surface area contributed by atoms with Crippen molar-refractivity contribution < 1.29 is 24.2 Å². The number of carbonyl (C=O) groups excluding carboxylic acids is 3. The van der Waals surface area contributed by atoms with E-state index in [1.165, 1.54) is 0 Å². The van der Waals surface area contributed by atoms with E-state index in [2.05, 4.69) is 10.6 Å². The molecule has 2 fully saturated rings. The molecule has 1 heterocycles. The van der Waals surface area contributed by atoms with Crippen molar-refractivity contribution in [1.29, 1.82) is 0 Å². The number of aliphatic hydroxyl groups is 1. The molecule has 1 spiro atoms. The van der Waals surface area contributed by atoms with Crippen LogP contribution in [0.25, 0.3) is 0 Å². The van der Waals surface area contributed by atoms with E-state index in [1.807, 2.05) is 13.0 Å². The molecule has 2 aliphatic rings. The minimum absolute atomic E-state index is 0.0568. The number of amides is 4. The number of hydrogen-bond donors (Lipinski definition) is 3. The van der Waals surface area contributed by atoms with Gasteiger partial charge in [0.05, 0.1) is 6.61 Å². The summed E-state index contributed by atoms with van der Waals surface area (Å²) in [5.74, 6) is -0.0874. The molecule has 8 nitrogen and oxygen atoms in total. The number of benzene rings is 1. The van der Waals surface area contributed by atoms with E-state index >= 15 is 0 Å². The van der Waals surface area contributed by atoms with Crippen LogP contribution in [0.4, 0.5) is 4.79 Å². The zero-order valence-electron chi connectivity index (χ0n) is 16.1. The molecular formula is C20H27N3O5. The molecular weight excluding hydrogens is 362 g/mol. The SMILES string of the molecule is CC1CCCCC12NC(=O)N(CC(=O)NCc1ccccc1OCCO)C2=O. The number of nitrogens with one attached hydrogen (secondary N) is 2. The molecule has 0 aromatic heterocycles. The highest BCUT2D eigenvalue weighted by molar-refractivity contribution is 6.09. The van der Waals surface area contributed by atoms with Crippen LogP contribution in [0.5, 0.6) is 5.75 Å². The summed E-state index contributed by atoms with van der Waals surface area (Å²) in [6.45, 7) is 1.93. The summed E-state index contributed by atoms with van der Waals surface area (Å²) < 4.78 is 5.44. The Morgan fingerprint density at radius 2 is 2.14 bits per heavy atom. The van der Waals surface area contributed by atoms with Crippen LogP contribution in [0.1, 0.15) is 38.2 Å². The summed E-state index contributed by atoms with van der Waals surface area (Å²) in [6, 6.07) is 6.68. The van der Waals surface area contributed by atoms with Crippen molar-refractivity contribution in [3.63, 3.8) is 0 Å². The summed E-state index contributed by atoms with van der Waals surface area (Å²) >= 11 is 0. The third-order valence-corrected chi connectivity index (χ3v) is 5.60. The van der Waals surface area contributed by atoms with Crippen molar-refractivity contribution in [3.05, 3.63) is 29.8 Å². The molecule has 3 N–H and O–H groups in total. The lowest BCUT2D eigenvalue weighted by molar-refractivity contribution is -0.137. The number of imide groups is 1. The number of ether oxygens (including phenoxy) is 1. The second kappa shape index (κ2) is 8.60. The van der Waals surface area contributed by atoms with Crippen LogP contribution in [-0.2, 0) is 16.1 Å². The number of nitrogens with zero attached hydrogens (tertiary/aromatic N) is 1. The van der Waals surface area contributed by atoms with Crippen LogP contribution in [0.3, 0.4) is 0 Å². The lowest BCUT2D eigenvalue weighted by Gasteiger charge is -2.36. The fourth-order valence-electron chi connectivity index (χ4n) is 3.98. The standard InChI is InChI=1S/C20H27N3O5/c1-14-6-4-5-9-20(14)18(26)23(19(27)22-20)13-17(25)21-12-15-7-2-3-8-16(15)28-11-10-24/h2-3,7-8,14,24H,4-6,9-13H2,1H3,(H,21,25)(H,22,27). The molecule has 1 saturated heterocycles. The van der Waals surface area contributed by atoms with Crippen molar-refractivity contribution >= 4 is 17.8 Å². The smallest absolute Gasteiger partial charge is 0.325 e. The summed E-state index contributed by atoms with van der Waals surface area (Å²) in [4.78, 5) is 38.7. The van der Waals surface area contributed by atoms with Gasteiger partial charge in [0.15, 0.2) is 0 Å². The summed E-state index contributed by atoms with van der Waals surface area (Å²) in [6.07, 6.45) is 3.44. The molecule has 1 aromatic carbocycles. The first kappa shape index (κ1) is 20.1. The Morgan fingerprint density at radius 1 is 1.36 bits per heavy atom. The van der Waals surface area contributed by atoms with Crippen LogP contribution >= 0.6 is 0 Å². The van der Waals surface area contributed by atoms with Gasteiger partial charge in [0.1, 0.15) is 24.4 Å². The zero-order chi connectivity index (χ0) is 20.1. The third-order valence-electron chi connectivity index (χ3n) is 5.60. The van der Waals surface area contributed by atoms with Gasteiger partial charge in [0.25, 0.3) is 5.91 Å². The second-order valence-electron chi connectivity index (χ2n) is 7.40. The quantitative estimate of drug-likeness (QED) is 0.607. The van der Waals surface area contributed by atoms with Crippen molar-refractivity contribution in [2.75, 3.05) is 19.8 Å². The predicted octanol–water partition coefficient (Wildman–Crippen LogP) is 1.17. The largest absolute Gasteiger partial charge is 0.491 e. The van der Waals surface area contributed by atoms with Crippen LogP contribution in [0.15, 0.2) is 24.3 Å². The maximum Gasteiger partial charge on any atom is 0.325 e. The highest BCUT2D eigenvalue weighted by Gasteiger charge is 2.55. The normalized spacial score (nSPS) is 24.4. The first-order valence-corrected chi connectivity index (χ1v) is 9.70. The number of urea groups is 1. The van der Waals surface area contributed by atoms with Crippen LogP contribution < -0.4 is 15.4 Å². The molecule has 1 aromatic rings. The van der Waals surface area contributed by atoms with Gasteiger partial charge in [0.2, 0.25) is 5.91 Å². The van der Waals surface area contributed by atoms with E-state index < -0.39 is 17.5 Å². The van der Waals surface area contributed by atoms with E-state index in [4.69, 9.17) is 9.84 Å². The maximum absolute atomic E-state index is 12.9. The van der Waals surface area contributed by atoms with Gasteiger partial charge in [-0.1, -0.05) is 38.0 Å². The van der Waals surface area contributed by atoms with Crippen molar-refractivity contribution in [2.24, 2.45) is 5.92 Å². The molecule has 1 saturated carbocycles. The molecule has 1 aliphatic carbocycles. The fourth-order valence-corrected chi connectivity index (χ4v) is 3.98. The second-order valence-corrected chi connectivity index (χ2v) is 7.40. The average Bonchev–Trinajstić information content (AvgIpc) is 2.92. The van der Waals surface area contributed by atoms with Gasteiger partial charge in [-0.2, -0.15) is 0 Å². The van der Waals surface area contributed by atoms with Gasteiger partial charge in [-0.3, -0.25) is 14.5 Å². The Morgan fingerprint density at radius 3 is 2.89 bits per heavy atom. The predicted molar refractivity (Wildman–Crippen MR) is 101 cm³/mol. The van der Waals surface area contributed by atoms with Gasteiger partial charge in [-0.15, -0.1) is 0 Å². The van der Waals surface area contributed by atoms with Crippen LogP contribution in [-0.4, -0.2) is 53.1 Å². The Bertz CT molecular complexity index is 753. The number of hydrogen-bond acceptors (Lipinski definition) is 5. The van der Waals surface area contributed by atoms with Crippen LogP contribution in [0, 0.1) is 5.92 Å². The first-order chi connectivity index (χ1) is 13.5. The summed E-state index contributed by atoms with van der Waals surface area (Å²) in [7, 11) is 0. The molecule has 1 aliphatic heterocycles. The minimum atomic E-state index is -0.861. The van der Waals surface area contributed by atoms with E-state index in [1.54, 1.807) is 18.2 Å². The summed E-state index contributed by atoms with van der Waals surface area (Å²) in [5, 5.41) is 14.5. The Labute approximate surface area is 164 Å². The Hall–Kier alpha value is -2.61. The number of rotatable bonds is 7. The Balaban J connectivity index is 1.60. The van der Waals surface area contributed by atoms with Gasteiger partial charge in [-0.25, -0.2) is 4.79 Å². The molecule has 2 unspecified atom stereocenters. The molecule has 2 atom stereocenters. The lowest BCUT2D eigenvalue weighted by atomic mass is 9.73. The molecule has 3 rings (SSSR count). The zero-order valence-corrected chi connectivity index (χ0v) is 16.1. The molecule has 4 amide bonds. The minimum Gasteiger partial charge on any atom is -0.491 e. The molecule has 28 heavy (non-hydrogen) atoms. The van der Waals surface area contributed by atoms with Gasteiger partial charge in [0, 0.05) is 12.1 Å². The summed E-state index contributed by atoms with van der Waals surface area (Å²) in [5.41, 5.74) is -0.112. The van der Waals surface area contributed by atoms with Crippen molar-refractivity contribution in [2.45, 2.75) is 44.7 Å². The number of carbonyl (C=O) groups is 3. The van der Waals surface area contributed by atoms with Gasteiger partial charge in [-0.05, 0) is 24.8 Å². The van der Waals surface area contributed by atoms with Crippen LogP contribution in [0.2, 0.25) is 0 Å². The first-order valence-electron chi connectivity index (χ1n) is 9.70. The monoisotopic (exact) mass is 389 g/mol. The van der Waals surface area contributed by atoms with E-state index in [-0.39, 0.29) is 38.1 Å². The molecule has 0 radical (unpaired) electrons. The van der Waals surface area contributed by atoms with Crippen molar-refractivity contribution in [1.82, 2.24) is 15.5 Å². The van der Waals surface area contributed by atoms with Gasteiger partial charge >= 0.3 is 6.03 Å². The topological polar surface area (TPSA) is 108 Å². The Kier molecular flexibility index (Phi) is 6.18.